The number of benzene rings is 1. The lowest BCUT2D eigenvalue weighted by atomic mass is 10.0. The van der Waals surface area contributed by atoms with E-state index in [2.05, 4.69) is 29.1 Å². The molecular weight excluding hydrogens is 382 g/mol. The summed E-state index contributed by atoms with van der Waals surface area (Å²) in [6.07, 6.45) is 3.28. The van der Waals surface area contributed by atoms with Gasteiger partial charge in [0.25, 0.3) is 0 Å². The zero-order valence-corrected chi connectivity index (χ0v) is 17.3. The predicted octanol–water partition coefficient (Wildman–Crippen LogP) is 4.43. The minimum atomic E-state index is -0.489. The van der Waals surface area contributed by atoms with E-state index in [0.29, 0.717) is 29.3 Å². The van der Waals surface area contributed by atoms with Gasteiger partial charge in [-0.3, -0.25) is 15.2 Å². The van der Waals surface area contributed by atoms with Crippen LogP contribution in [0.1, 0.15) is 57.8 Å². The molecule has 1 N–H and O–H groups in total. The maximum atomic E-state index is 11.4. The summed E-state index contributed by atoms with van der Waals surface area (Å²) in [4.78, 5) is 10.9. The minimum Gasteiger partial charge on any atom is -0.493 e. The molecule has 0 saturated heterocycles. The molecule has 1 aromatic carbocycles. The lowest BCUT2D eigenvalue weighted by molar-refractivity contribution is -0.385. The number of nitro groups is 1. The molecule has 0 aliphatic rings. The van der Waals surface area contributed by atoms with Crippen molar-refractivity contribution >= 4 is 24.1 Å². The van der Waals surface area contributed by atoms with Gasteiger partial charge < -0.3 is 9.47 Å². The fraction of sp³-hybridized carbons (Fsp3) is 0.500. The number of hydrogen-bond donors (Lipinski definition) is 1. The van der Waals surface area contributed by atoms with Crippen molar-refractivity contribution in [3.63, 3.8) is 0 Å². The lowest BCUT2D eigenvalue weighted by Crippen LogP contribution is -2.06. The van der Waals surface area contributed by atoms with E-state index in [0.717, 1.165) is 18.7 Å². The third-order valence-electron chi connectivity index (χ3n) is 4.23. The van der Waals surface area contributed by atoms with E-state index in [1.165, 1.54) is 18.3 Å². The number of hydrogen-bond acceptors (Lipinski definition) is 7. The highest BCUT2D eigenvalue weighted by atomic mass is 32.1. The van der Waals surface area contributed by atoms with Crippen LogP contribution in [0.3, 0.4) is 0 Å². The van der Waals surface area contributed by atoms with Gasteiger partial charge in [-0.15, -0.1) is 0 Å². The molecule has 2 aromatic rings. The summed E-state index contributed by atoms with van der Waals surface area (Å²) in [5.74, 6) is 1.53. The Kier molecular flexibility index (Phi) is 7.68. The van der Waals surface area contributed by atoms with E-state index in [9.17, 15) is 10.1 Å². The highest BCUT2D eigenvalue weighted by Gasteiger charge is 2.20. The Balaban J connectivity index is 2.53. The van der Waals surface area contributed by atoms with Crippen molar-refractivity contribution in [1.29, 1.82) is 0 Å². The van der Waals surface area contributed by atoms with E-state index in [-0.39, 0.29) is 17.4 Å². The normalized spacial score (nSPS) is 11.3. The Bertz CT molecular complexity index is 902. The minimum absolute atomic E-state index is 0.150. The molecule has 2 rings (SSSR count). The zero-order chi connectivity index (χ0) is 20.7. The largest absolute Gasteiger partial charge is 0.493 e. The Labute approximate surface area is 168 Å². The molecule has 0 aliphatic heterocycles. The Morgan fingerprint density at radius 3 is 2.46 bits per heavy atom. The van der Waals surface area contributed by atoms with Gasteiger partial charge in [0, 0.05) is 23.6 Å². The first-order valence-corrected chi connectivity index (χ1v) is 9.67. The van der Waals surface area contributed by atoms with Crippen LogP contribution in [-0.4, -0.2) is 39.2 Å². The van der Waals surface area contributed by atoms with Crippen molar-refractivity contribution in [2.45, 2.75) is 46.5 Å². The van der Waals surface area contributed by atoms with Crippen LogP contribution in [0, 0.1) is 14.9 Å². The van der Waals surface area contributed by atoms with Gasteiger partial charge in [0.1, 0.15) is 5.75 Å². The molecule has 1 aromatic heterocycles. The summed E-state index contributed by atoms with van der Waals surface area (Å²) in [5.41, 5.74) is 0.304. The zero-order valence-electron chi connectivity index (χ0n) is 16.5. The second-order valence-corrected chi connectivity index (χ2v) is 6.32. The number of nitrogens with one attached hydrogen (secondary N) is 1. The average Bonchev–Trinajstić information content (AvgIpc) is 3.03. The Morgan fingerprint density at radius 1 is 1.25 bits per heavy atom. The molecule has 1 heterocycles. The van der Waals surface area contributed by atoms with E-state index >= 15 is 0 Å². The Morgan fingerprint density at radius 2 is 1.89 bits per heavy atom. The number of aromatic nitrogens is 3. The van der Waals surface area contributed by atoms with Crippen molar-refractivity contribution in [2.24, 2.45) is 5.10 Å². The summed E-state index contributed by atoms with van der Waals surface area (Å²) in [6.45, 7) is 8.45. The molecule has 10 heteroatoms. The summed E-state index contributed by atoms with van der Waals surface area (Å²) in [6, 6.07) is 2.91. The molecular formula is C18H25N5O4S. The SMILES string of the molecule is CCOc1cc(OCC)c([N+](=O)[O-])cc1/C=N\n1c(C(CC)CC)n[nH]c1=S. The molecule has 152 valence electrons. The number of rotatable bonds is 10. The fourth-order valence-electron chi connectivity index (χ4n) is 2.81. The summed E-state index contributed by atoms with van der Waals surface area (Å²) in [5, 5.41) is 22.9. The van der Waals surface area contributed by atoms with Crippen molar-refractivity contribution in [2.75, 3.05) is 13.2 Å². The molecule has 0 saturated carbocycles. The number of H-pyrrole nitrogens is 1. The molecule has 0 atom stereocenters. The van der Waals surface area contributed by atoms with Gasteiger partial charge in [-0.05, 0) is 38.9 Å². The first-order valence-electron chi connectivity index (χ1n) is 9.26. The van der Waals surface area contributed by atoms with Gasteiger partial charge in [-0.25, -0.2) is 0 Å². The summed E-state index contributed by atoms with van der Waals surface area (Å²) < 4.78 is 12.9. The van der Waals surface area contributed by atoms with Crippen LogP contribution in [0.25, 0.3) is 0 Å². The van der Waals surface area contributed by atoms with Crippen LogP contribution >= 0.6 is 12.2 Å². The molecule has 9 nitrogen and oxygen atoms in total. The van der Waals surface area contributed by atoms with Crippen LogP contribution in [0.15, 0.2) is 17.2 Å². The maximum absolute atomic E-state index is 11.4. The third kappa shape index (κ3) is 4.75. The molecule has 0 spiro atoms. The van der Waals surface area contributed by atoms with Gasteiger partial charge in [0.15, 0.2) is 5.82 Å². The van der Waals surface area contributed by atoms with Crippen LogP contribution in [-0.2, 0) is 0 Å². The molecule has 0 bridgehead atoms. The molecule has 0 radical (unpaired) electrons. The van der Waals surface area contributed by atoms with Gasteiger partial charge >= 0.3 is 5.69 Å². The van der Waals surface area contributed by atoms with E-state index in [1.807, 2.05) is 6.92 Å². The fourth-order valence-corrected chi connectivity index (χ4v) is 3.00. The number of aromatic amines is 1. The van der Waals surface area contributed by atoms with Crippen molar-refractivity contribution < 1.29 is 14.4 Å². The number of nitrogens with zero attached hydrogens (tertiary/aromatic N) is 4. The van der Waals surface area contributed by atoms with E-state index in [4.69, 9.17) is 21.7 Å². The molecule has 0 amide bonds. The molecule has 0 aliphatic carbocycles. The Hall–Kier alpha value is -2.75. The number of ether oxygens (including phenoxy) is 2. The van der Waals surface area contributed by atoms with E-state index < -0.39 is 4.92 Å². The average molecular weight is 407 g/mol. The predicted molar refractivity (Wildman–Crippen MR) is 109 cm³/mol. The van der Waals surface area contributed by atoms with Crippen molar-refractivity contribution in [3.8, 4) is 11.5 Å². The maximum Gasteiger partial charge on any atom is 0.311 e. The monoisotopic (exact) mass is 407 g/mol. The molecule has 28 heavy (non-hydrogen) atoms. The van der Waals surface area contributed by atoms with Crippen LogP contribution in [0.4, 0.5) is 5.69 Å². The highest BCUT2D eigenvalue weighted by Crippen LogP contribution is 2.34. The smallest absolute Gasteiger partial charge is 0.311 e. The van der Waals surface area contributed by atoms with E-state index in [1.54, 1.807) is 11.6 Å². The summed E-state index contributed by atoms with van der Waals surface area (Å²) >= 11 is 5.28. The topological polar surface area (TPSA) is 108 Å². The first-order chi connectivity index (χ1) is 13.5. The van der Waals surface area contributed by atoms with Crippen molar-refractivity contribution in [3.05, 3.63) is 38.4 Å². The van der Waals surface area contributed by atoms with Gasteiger partial charge in [0.2, 0.25) is 10.5 Å². The lowest BCUT2D eigenvalue weighted by Gasteiger charge is -2.12. The van der Waals surface area contributed by atoms with Gasteiger partial charge in [0.05, 0.1) is 24.4 Å². The second kappa shape index (κ2) is 9.98. The molecule has 0 fully saturated rings. The van der Waals surface area contributed by atoms with Gasteiger partial charge in [-0.1, -0.05) is 13.8 Å². The standard InChI is InChI=1S/C18H25N5O4S/c1-5-12(6-2)17-20-21-18(28)22(17)19-11-13-9-14(23(24)25)16(27-8-4)10-15(13)26-7-3/h9-12H,5-8H2,1-4H3,(H,21,28)/b19-11-. The highest BCUT2D eigenvalue weighted by molar-refractivity contribution is 7.71. The molecule has 0 unspecified atom stereocenters. The van der Waals surface area contributed by atoms with Crippen LogP contribution in [0.5, 0.6) is 11.5 Å². The van der Waals surface area contributed by atoms with Crippen LogP contribution < -0.4 is 9.47 Å². The quantitative estimate of drug-likeness (QED) is 0.270. The van der Waals surface area contributed by atoms with Crippen LogP contribution in [0.2, 0.25) is 0 Å². The second-order valence-electron chi connectivity index (χ2n) is 5.94. The summed E-state index contributed by atoms with van der Waals surface area (Å²) in [7, 11) is 0. The number of nitro benzene ring substituents is 1. The van der Waals surface area contributed by atoms with Crippen molar-refractivity contribution in [1.82, 2.24) is 14.9 Å². The third-order valence-corrected chi connectivity index (χ3v) is 4.49. The van der Waals surface area contributed by atoms with Gasteiger partial charge in [-0.2, -0.15) is 14.9 Å². The first kappa shape index (κ1) is 21.5.